The Bertz CT molecular complexity index is 1090. The number of piperazine rings is 1. The maximum absolute atomic E-state index is 11.5. The Morgan fingerprint density at radius 1 is 1.06 bits per heavy atom. The van der Waals surface area contributed by atoms with Crippen molar-refractivity contribution in [1.29, 1.82) is 0 Å². The van der Waals surface area contributed by atoms with Gasteiger partial charge in [0.1, 0.15) is 11.5 Å². The van der Waals surface area contributed by atoms with E-state index in [1.807, 2.05) is 29.3 Å². The number of benzene rings is 1. The van der Waals surface area contributed by atoms with Crippen molar-refractivity contribution in [3.63, 3.8) is 0 Å². The fourth-order valence-corrected chi connectivity index (χ4v) is 4.59. The molecule has 0 bridgehead atoms. The molecule has 1 amide bonds. The van der Waals surface area contributed by atoms with E-state index in [-0.39, 0.29) is 11.9 Å². The van der Waals surface area contributed by atoms with E-state index in [2.05, 4.69) is 37.2 Å². The molecule has 9 heteroatoms. The predicted molar refractivity (Wildman–Crippen MR) is 128 cm³/mol. The number of hydrogen-bond acceptors (Lipinski definition) is 7. The van der Waals surface area contributed by atoms with Crippen LogP contribution in [0.15, 0.2) is 36.5 Å². The van der Waals surface area contributed by atoms with Gasteiger partial charge in [-0.25, -0.2) is 0 Å². The molecule has 1 aromatic carbocycles. The highest BCUT2D eigenvalue weighted by molar-refractivity contribution is 5.89. The number of anilines is 4. The lowest BCUT2D eigenvalue weighted by atomic mass is 10.1. The number of nitrogens with one attached hydrogen (secondary N) is 2. The number of rotatable bonds is 4. The summed E-state index contributed by atoms with van der Waals surface area (Å²) in [6.07, 6.45) is 4.03. The maximum atomic E-state index is 11.5. The molecule has 2 saturated heterocycles. The van der Waals surface area contributed by atoms with E-state index in [9.17, 15) is 4.79 Å². The summed E-state index contributed by atoms with van der Waals surface area (Å²) in [6, 6.07) is 10.5. The van der Waals surface area contributed by atoms with Gasteiger partial charge in [-0.05, 0) is 43.2 Å². The van der Waals surface area contributed by atoms with E-state index in [4.69, 9.17) is 10.7 Å². The molecule has 2 aliphatic rings. The molecule has 2 aromatic heterocycles. The van der Waals surface area contributed by atoms with Crippen molar-refractivity contribution in [3.05, 3.63) is 36.5 Å². The second-order valence-electron chi connectivity index (χ2n) is 8.62. The normalized spacial score (nSPS) is 19.4. The van der Waals surface area contributed by atoms with Crippen LogP contribution in [0.25, 0.3) is 11.0 Å². The molecular formula is C23H30N8O. The number of nitrogens with two attached hydrogens (primary N) is 1. The minimum absolute atomic E-state index is 0.147. The fraction of sp³-hybridized carbons (Fsp3) is 0.435. The van der Waals surface area contributed by atoms with Crippen LogP contribution in [-0.4, -0.2) is 71.1 Å². The molecule has 0 aliphatic carbocycles. The smallest absolute Gasteiger partial charge is 0.231 e. The Kier molecular flexibility index (Phi) is 5.57. The largest absolute Gasteiger partial charge is 0.368 e. The summed E-state index contributed by atoms with van der Waals surface area (Å²) in [6.45, 7) is 6.62. The molecule has 1 atom stereocenters. The lowest BCUT2D eigenvalue weighted by Gasteiger charge is -2.35. The second-order valence-corrected chi connectivity index (χ2v) is 8.62. The van der Waals surface area contributed by atoms with E-state index >= 15 is 0 Å². The minimum Gasteiger partial charge on any atom is -0.368 e. The van der Waals surface area contributed by atoms with Gasteiger partial charge in [0.2, 0.25) is 11.9 Å². The van der Waals surface area contributed by atoms with Gasteiger partial charge in [-0.1, -0.05) is 0 Å². The van der Waals surface area contributed by atoms with Crippen LogP contribution in [0.1, 0.15) is 19.8 Å². The van der Waals surface area contributed by atoms with E-state index < -0.39 is 0 Å². The van der Waals surface area contributed by atoms with Crippen molar-refractivity contribution < 1.29 is 4.79 Å². The van der Waals surface area contributed by atoms with Gasteiger partial charge in [0.15, 0.2) is 0 Å². The van der Waals surface area contributed by atoms with Crippen LogP contribution in [0.2, 0.25) is 0 Å². The van der Waals surface area contributed by atoms with Crippen LogP contribution >= 0.6 is 0 Å². The Hall–Kier alpha value is -3.33. The highest BCUT2D eigenvalue weighted by Gasteiger charge is 2.22. The van der Waals surface area contributed by atoms with Gasteiger partial charge < -0.3 is 30.7 Å². The highest BCUT2D eigenvalue weighted by atomic mass is 16.2. The number of carbonyl (C=O) groups is 1. The van der Waals surface area contributed by atoms with Crippen molar-refractivity contribution in [2.75, 3.05) is 54.4 Å². The monoisotopic (exact) mass is 434 g/mol. The first kappa shape index (κ1) is 20.6. The van der Waals surface area contributed by atoms with E-state index in [0.29, 0.717) is 5.95 Å². The zero-order valence-corrected chi connectivity index (χ0v) is 18.4. The molecule has 2 fully saturated rings. The number of aromatic amines is 1. The molecule has 5 rings (SSSR count). The molecule has 3 aromatic rings. The third kappa shape index (κ3) is 4.20. The quantitative estimate of drug-likeness (QED) is 0.578. The zero-order valence-electron chi connectivity index (χ0n) is 18.4. The summed E-state index contributed by atoms with van der Waals surface area (Å²) in [5.74, 6) is 1.64. The van der Waals surface area contributed by atoms with Gasteiger partial charge in [-0.2, -0.15) is 9.97 Å². The summed E-state index contributed by atoms with van der Waals surface area (Å²) >= 11 is 0. The first-order chi connectivity index (χ1) is 15.6. The topological polar surface area (TPSA) is 106 Å². The number of fused-ring (bicyclic) bond motifs is 1. The number of carbonyl (C=O) groups excluding carboxylic acids is 1. The predicted octanol–water partition coefficient (Wildman–Crippen LogP) is 2.30. The molecule has 9 nitrogen and oxygen atoms in total. The van der Waals surface area contributed by atoms with Crippen LogP contribution < -0.4 is 20.9 Å². The SMILES string of the molecule is CC(=O)N1CCN(c2ccc(Nc3nc(N4CCCC(N)C4)c4cc[nH]c4n3)cc2)CC1. The van der Waals surface area contributed by atoms with Gasteiger partial charge >= 0.3 is 0 Å². The molecule has 4 heterocycles. The molecule has 168 valence electrons. The number of H-pyrrole nitrogens is 1. The van der Waals surface area contributed by atoms with Gasteiger partial charge in [-0.3, -0.25) is 4.79 Å². The summed E-state index contributed by atoms with van der Waals surface area (Å²) in [5.41, 5.74) is 9.11. The van der Waals surface area contributed by atoms with Crippen LogP contribution in [-0.2, 0) is 4.79 Å². The Balaban J connectivity index is 1.32. The molecule has 1 unspecified atom stereocenters. The number of piperidine rings is 1. The molecule has 0 saturated carbocycles. The number of hydrogen-bond donors (Lipinski definition) is 3. The second kappa shape index (κ2) is 8.66. The Morgan fingerprint density at radius 3 is 2.56 bits per heavy atom. The highest BCUT2D eigenvalue weighted by Crippen LogP contribution is 2.28. The van der Waals surface area contributed by atoms with E-state index in [0.717, 1.165) is 80.3 Å². The lowest BCUT2D eigenvalue weighted by Crippen LogP contribution is -2.48. The molecule has 2 aliphatic heterocycles. The van der Waals surface area contributed by atoms with Gasteiger partial charge in [-0.15, -0.1) is 0 Å². The fourth-order valence-electron chi connectivity index (χ4n) is 4.59. The summed E-state index contributed by atoms with van der Waals surface area (Å²) in [4.78, 5) is 30.7. The van der Waals surface area contributed by atoms with Crippen molar-refractivity contribution >= 4 is 40.1 Å². The van der Waals surface area contributed by atoms with Crippen LogP contribution in [0, 0.1) is 0 Å². The number of amides is 1. The van der Waals surface area contributed by atoms with E-state index in [1.54, 1.807) is 6.92 Å². The maximum Gasteiger partial charge on any atom is 0.231 e. The average Bonchev–Trinajstić information content (AvgIpc) is 3.28. The molecular weight excluding hydrogens is 404 g/mol. The van der Waals surface area contributed by atoms with Gasteiger partial charge in [0.25, 0.3) is 0 Å². The van der Waals surface area contributed by atoms with Crippen molar-refractivity contribution in [1.82, 2.24) is 19.9 Å². The standard InChI is InChI=1S/C23H30N8O/c1-16(32)29-11-13-30(14-12-29)19-6-4-18(5-7-19)26-23-27-21-20(8-9-25-21)22(28-23)31-10-2-3-17(24)15-31/h4-9,17H,2-3,10-15,24H2,1H3,(H2,25,26,27,28). The third-order valence-electron chi connectivity index (χ3n) is 6.37. The number of nitrogens with zero attached hydrogens (tertiary/aromatic N) is 5. The lowest BCUT2D eigenvalue weighted by molar-refractivity contribution is -0.129. The Morgan fingerprint density at radius 2 is 1.84 bits per heavy atom. The first-order valence-corrected chi connectivity index (χ1v) is 11.3. The molecule has 0 radical (unpaired) electrons. The summed E-state index contributed by atoms with van der Waals surface area (Å²) in [7, 11) is 0. The van der Waals surface area contributed by atoms with Gasteiger partial charge in [0.05, 0.1) is 5.39 Å². The molecule has 4 N–H and O–H groups in total. The third-order valence-corrected chi connectivity index (χ3v) is 6.37. The van der Waals surface area contributed by atoms with Crippen molar-refractivity contribution in [3.8, 4) is 0 Å². The summed E-state index contributed by atoms with van der Waals surface area (Å²) < 4.78 is 0. The van der Waals surface area contributed by atoms with Gasteiger partial charge in [0, 0.05) is 69.8 Å². The van der Waals surface area contributed by atoms with Crippen LogP contribution in [0.3, 0.4) is 0 Å². The first-order valence-electron chi connectivity index (χ1n) is 11.3. The zero-order chi connectivity index (χ0) is 22.1. The molecule has 0 spiro atoms. The number of aromatic nitrogens is 3. The van der Waals surface area contributed by atoms with Crippen molar-refractivity contribution in [2.24, 2.45) is 5.73 Å². The molecule has 32 heavy (non-hydrogen) atoms. The minimum atomic E-state index is 0.147. The Labute approximate surface area is 187 Å². The van der Waals surface area contributed by atoms with Crippen LogP contribution in [0.4, 0.5) is 23.1 Å². The van der Waals surface area contributed by atoms with Crippen molar-refractivity contribution in [2.45, 2.75) is 25.8 Å². The summed E-state index contributed by atoms with van der Waals surface area (Å²) in [5, 5.41) is 4.38. The van der Waals surface area contributed by atoms with E-state index in [1.165, 1.54) is 0 Å². The van der Waals surface area contributed by atoms with Crippen LogP contribution in [0.5, 0.6) is 0 Å². The average molecular weight is 435 g/mol.